The lowest BCUT2D eigenvalue weighted by Crippen LogP contribution is -2.10. The zero-order valence-corrected chi connectivity index (χ0v) is 11.6. The summed E-state index contributed by atoms with van der Waals surface area (Å²) < 4.78 is 0.715. The number of aromatic nitrogens is 1. The van der Waals surface area contributed by atoms with E-state index < -0.39 is 0 Å². The fraction of sp³-hybridized carbons (Fsp3) is 0.0714. The molecule has 1 heterocycles. The van der Waals surface area contributed by atoms with Gasteiger partial charge in [0.05, 0.1) is 15.7 Å². The number of hydrogen-bond donors (Lipinski definition) is 2. The summed E-state index contributed by atoms with van der Waals surface area (Å²) >= 11 is 2.05. The van der Waals surface area contributed by atoms with Gasteiger partial charge in [0.15, 0.2) is 0 Å². The van der Waals surface area contributed by atoms with Gasteiger partial charge < -0.3 is 10.1 Å². The number of rotatable bonds is 1. The van der Waals surface area contributed by atoms with Crippen LogP contribution in [0.5, 0.6) is 0 Å². The third-order valence-corrected chi connectivity index (χ3v) is 3.91. The van der Waals surface area contributed by atoms with Gasteiger partial charge in [0, 0.05) is 11.9 Å². The Morgan fingerprint density at radius 1 is 1.22 bits per heavy atom. The fourth-order valence-electron chi connectivity index (χ4n) is 2.16. The van der Waals surface area contributed by atoms with Crippen LogP contribution in [0.15, 0.2) is 41.3 Å². The highest BCUT2D eigenvalue weighted by molar-refractivity contribution is 14.1. The predicted molar refractivity (Wildman–Crippen MR) is 79.8 cm³/mol. The van der Waals surface area contributed by atoms with Crippen LogP contribution in [0, 0.1) is 3.57 Å². The van der Waals surface area contributed by atoms with E-state index in [2.05, 4.69) is 27.6 Å². The maximum absolute atomic E-state index is 12.2. The highest BCUT2D eigenvalue weighted by atomic mass is 127. The van der Waals surface area contributed by atoms with Crippen molar-refractivity contribution >= 4 is 33.4 Å². The fourth-order valence-corrected chi connectivity index (χ4v) is 2.61. The van der Waals surface area contributed by atoms with Crippen LogP contribution in [0.4, 0.5) is 0 Å². The van der Waals surface area contributed by atoms with E-state index in [1.165, 1.54) is 0 Å². The number of aromatic amines is 1. The Labute approximate surface area is 117 Å². The number of pyridine rings is 1. The molecule has 1 aromatic rings. The lowest BCUT2D eigenvalue weighted by molar-refractivity contribution is 0.282. The molecule has 0 amide bonds. The summed E-state index contributed by atoms with van der Waals surface area (Å²) in [5.74, 6) is 0. The minimum absolute atomic E-state index is 0.00450. The molecule has 0 atom stereocenters. The first-order valence-electron chi connectivity index (χ1n) is 5.54. The number of aliphatic hydroxyl groups excluding tert-OH is 1. The summed E-state index contributed by atoms with van der Waals surface area (Å²) in [6, 6.07) is 9.37. The second kappa shape index (κ2) is 4.37. The molecule has 0 unspecified atom stereocenters. The number of nitrogens with one attached hydrogen (secondary N) is 1. The molecular weight excluding hydrogens is 341 g/mol. The molecule has 0 spiro atoms. The summed E-state index contributed by atoms with van der Waals surface area (Å²) in [6.45, 7) is 0.00450. The molecule has 90 valence electrons. The first-order chi connectivity index (χ1) is 8.70. The van der Waals surface area contributed by atoms with Gasteiger partial charge in [-0.3, -0.25) is 4.79 Å². The summed E-state index contributed by atoms with van der Waals surface area (Å²) in [5.41, 5.74) is 2.44. The second-order valence-electron chi connectivity index (χ2n) is 4.17. The Kier molecular flexibility index (Phi) is 2.83. The number of hydrogen-bond acceptors (Lipinski definition) is 2. The van der Waals surface area contributed by atoms with Crippen LogP contribution in [0.1, 0.15) is 5.56 Å². The maximum Gasteiger partial charge on any atom is 0.201 e. The van der Waals surface area contributed by atoms with Gasteiger partial charge in [-0.1, -0.05) is 12.1 Å². The lowest BCUT2D eigenvalue weighted by Gasteiger charge is -2.10. The van der Waals surface area contributed by atoms with Crippen molar-refractivity contribution < 1.29 is 5.11 Å². The molecule has 0 radical (unpaired) electrons. The number of H-pyrrole nitrogens is 1. The molecule has 0 bridgehead atoms. The Bertz CT molecular complexity index is 764. The Balaban J connectivity index is 2.49. The molecule has 0 saturated carbocycles. The molecule has 2 aliphatic rings. The number of benzene rings is 2. The molecule has 1 aliphatic heterocycles. The number of fused-ring (bicyclic) bond motifs is 3. The van der Waals surface area contributed by atoms with Crippen LogP contribution in [-0.2, 0) is 6.61 Å². The van der Waals surface area contributed by atoms with E-state index in [4.69, 9.17) is 5.11 Å². The van der Waals surface area contributed by atoms with Gasteiger partial charge in [-0.2, -0.15) is 0 Å². The van der Waals surface area contributed by atoms with Gasteiger partial charge in [-0.25, -0.2) is 0 Å². The quantitative estimate of drug-likeness (QED) is 0.523. The highest BCUT2D eigenvalue weighted by Crippen LogP contribution is 2.27. The molecule has 3 nitrogen and oxygen atoms in total. The molecular formula is C14H10INO2. The van der Waals surface area contributed by atoms with Crippen LogP contribution in [0.25, 0.3) is 22.0 Å². The van der Waals surface area contributed by atoms with Crippen molar-refractivity contribution in [2.24, 2.45) is 0 Å². The van der Waals surface area contributed by atoms with Gasteiger partial charge in [-0.05, 0) is 57.1 Å². The van der Waals surface area contributed by atoms with Crippen molar-refractivity contribution in [3.8, 4) is 11.3 Å². The molecule has 2 N–H and O–H groups in total. The van der Waals surface area contributed by atoms with E-state index >= 15 is 0 Å². The zero-order chi connectivity index (χ0) is 12.7. The lowest BCUT2D eigenvalue weighted by atomic mass is 10.00. The van der Waals surface area contributed by atoms with E-state index in [0.29, 0.717) is 9.13 Å². The van der Waals surface area contributed by atoms with Crippen LogP contribution in [0.2, 0.25) is 0 Å². The summed E-state index contributed by atoms with van der Waals surface area (Å²) in [4.78, 5) is 15.3. The average molecular weight is 351 g/mol. The van der Waals surface area contributed by atoms with Gasteiger partial charge in [-0.15, -0.1) is 0 Å². The predicted octanol–water partition coefficient (Wildman–Crippen LogP) is 2.73. The highest BCUT2D eigenvalue weighted by Gasteiger charge is 2.13. The summed E-state index contributed by atoms with van der Waals surface area (Å²) in [7, 11) is 0. The summed E-state index contributed by atoms with van der Waals surface area (Å²) in [5, 5.41) is 11.0. The normalized spacial score (nSPS) is 11.2. The van der Waals surface area contributed by atoms with Crippen molar-refractivity contribution in [1.29, 1.82) is 0 Å². The minimum Gasteiger partial charge on any atom is -0.392 e. The molecule has 1 aliphatic carbocycles. The van der Waals surface area contributed by atoms with Gasteiger partial charge >= 0.3 is 0 Å². The largest absolute Gasteiger partial charge is 0.392 e. The van der Waals surface area contributed by atoms with Crippen LogP contribution in [0.3, 0.4) is 0 Å². The third kappa shape index (κ3) is 1.72. The van der Waals surface area contributed by atoms with Gasteiger partial charge in [0.25, 0.3) is 0 Å². The van der Waals surface area contributed by atoms with Crippen LogP contribution < -0.4 is 5.43 Å². The first kappa shape index (κ1) is 11.7. The Morgan fingerprint density at radius 3 is 2.83 bits per heavy atom. The van der Waals surface area contributed by atoms with Crippen molar-refractivity contribution in [2.45, 2.75) is 6.61 Å². The van der Waals surface area contributed by atoms with Crippen molar-refractivity contribution in [2.75, 3.05) is 0 Å². The molecule has 1 aromatic carbocycles. The molecule has 0 fully saturated rings. The second-order valence-corrected chi connectivity index (χ2v) is 5.33. The molecule has 0 aromatic heterocycles. The van der Waals surface area contributed by atoms with E-state index in [9.17, 15) is 4.79 Å². The van der Waals surface area contributed by atoms with E-state index in [1.54, 1.807) is 0 Å². The Morgan fingerprint density at radius 2 is 2.06 bits per heavy atom. The van der Waals surface area contributed by atoms with E-state index in [1.807, 2.05) is 36.5 Å². The molecule has 18 heavy (non-hydrogen) atoms. The average Bonchev–Trinajstić information content (AvgIpc) is 2.41. The van der Waals surface area contributed by atoms with E-state index in [-0.39, 0.29) is 12.0 Å². The van der Waals surface area contributed by atoms with Crippen molar-refractivity contribution in [3.05, 3.63) is 55.9 Å². The van der Waals surface area contributed by atoms with Gasteiger partial charge in [0.2, 0.25) is 5.43 Å². The first-order valence-corrected chi connectivity index (χ1v) is 6.62. The SMILES string of the molecule is O=c1c(I)ccc2[nH]cc3cc(CO)ccc3c1-2. The monoisotopic (exact) mass is 351 g/mol. The van der Waals surface area contributed by atoms with E-state index in [0.717, 1.165) is 22.0 Å². The smallest absolute Gasteiger partial charge is 0.201 e. The number of halogens is 1. The standard InChI is InChI=1S/C14H10INO2/c15-11-3-4-12-13(14(11)18)10-2-1-8(7-17)5-9(10)6-16-12/h1-6,16-17H,7H2. The minimum atomic E-state index is 0.00450. The third-order valence-electron chi connectivity index (χ3n) is 3.06. The Hall–Kier alpha value is -1.40. The topological polar surface area (TPSA) is 53.1 Å². The van der Waals surface area contributed by atoms with Crippen molar-refractivity contribution in [3.63, 3.8) is 0 Å². The zero-order valence-electron chi connectivity index (χ0n) is 9.40. The summed E-state index contributed by atoms with van der Waals surface area (Å²) in [6.07, 6.45) is 1.86. The molecule has 4 heteroatoms. The number of aliphatic hydroxyl groups is 1. The molecule has 3 rings (SSSR count). The maximum atomic E-state index is 12.2. The molecule has 0 saturated heterocycles. The van der Waals surface area contributed by atoms with Crippen molar-refractivity contribution in [1.82, 2.24) is 4.98 Å². The van der Waals surface area contributed by atoms with Crippen LogP contribution in [-0.4, -0.2) is 10.1 Å². The van der Waals surface area contributed by atoms with Gasteiger partial charge in [0.1, 0.15) is 0 Å². The van der Waals surface area contributed by atoms with Crippen LogP contribution >= 0.6 is 22.6 Å².